The average Bonchev–Trinajstić information content (AvgIpc) is 3.47. The topological polar surface area (TPSA) is 52.8 Å². The van der Waals surface area contributed by atoms with Crippen molar-refractivity contribution in [1.82, 2.24) is 4.57 Å². The summed E-state index contributed by atoms with van der Waals surface area (Å²) in [7, 11) is 0. The number of unbranched alkanes of at least 4 members (excludes halogenated alkanes) is 1. The van der Waals surface area contributed by atoms with Crippen LogP contribution in [-0.4, -0.2) is 41.6 Å². The van der Waals surface area contributed by atoms with Gasteiger partial charge in [-0.3, -0.25) is 4.79 Å². The second-order valence-corrected chi connectivity index (χ2v) is 14.4. The van der Waals surface area contributed by atoms with E-state index < -0.39 is 19.0 Å². The van der Waals surface area contributed by atoms with Crippen LogP contribution in [0, 0.1) is 26.7 Å². The summed E-state index contributed by atoms with van der Waals surface area (Å²) in [5.74, 6) is -4.01. The van der Waals surface area contributed by atoms with E-state index >= 15 is 0 Å². The molecule has 0 spiro atoms. The Bertz CT molecular complexity index is 2360. The van der Waals surface area contributed by atoms with Gasteiger partial charge in [-0.2, -0.15) is 8.78 Å². The maximum Gasteiger partial charge on any atom is 0.340 e. The Morgan fingerprint density at radius 3 is 2.18 bits per heavy atom. The monoisotopic (exact) mass is 752 g/mol. The van der Waals surface area contributed by atoms with Crippen LogP contribution in [0.5, 0.6) is 5.75 Å². The molecule has 1 unspecified atom stereocenters. The molecule has 1 heterocycles. The number of nitrogens with zero attached hydrogens (tertiary/aromatic N) is 2. The molecule has 0 aliphatic rings. The van der Waals surface area contributed by atoms with Crippen molar-refractivity contribution in [3.63, 3.8) is 0 Å². The van der Waals surface area contributed by atoms with Gasteiger partial charge in [-0.1, -0.05) is 98.4 Å². The van der Waals surface area contributed by atoms with Crippen LogP contribution in [0.1, 0.15) is 90.2 Å². The van der Waals surface area contributed by atoms with Gasteiger partial charge in [0.1, 0.15) is 18.1 Å². The third-order valence-corrected chi connectivity index (χ3v) is 10.4. The quantitative estimate of drug-likeness (QED) is 0.0428. The number of fused-ring (bicyclic) bond motifs is 5. The van der Waals surface area contributed by atoms with Crippen molar-refractivity contribution in [2.75, 3.05) is 13.2 Å². The second-order valence-electron chi connectivity index (χ2n) is 14.4. The number of ether oxygens (including phenoxy) is 1. The normalized spacial score (nSPS) is 13.0. The summed E-state index contributed by atoms with van der Waals surface area (Å²) >= 11 is 0. The maximum absolute atomic E-state index is 14.7. The van der Waals surface area contributed by atoms with E-state index in [1.54, 1.807) is 25.1 Å². The summed E-state index contributed by atoms with van der Waals surface area (Å²) in [6, 6.07) is 26.4. The zero-order valence-electron chi connectivity index (χ0n) is 32.3. The zero-order chi connectivity index (χ0) is 39.4. The molecule has 0 amide bonds. The molecule has 9 heteroatoms. The number of oxime groups is 1. The number of carbonyl (C=O) groups excluding carboxylic acids is 1. The Kier molecular flexibility index (Phi) is 12.0. The number of ketones is 1. The van der Waals surface area contributed by atoms with Gasteiger partial charge in [0.15, 0.2) is 12.4 Å². The summed E-state index contributed by atoms with van der Waals surface area (Å²) in [6.45, 7) is 11.7. The highest BCUT2D eigenvalue weighted by atomic mass is 19.3. The van der Waals surface area contributed by atoms with Crippen LogP contribution in [0.4, 0.5) is 17.6 Å². The number of halogens is 4. The van der Waals surface area contributed by atoms with Gasteiger partial charge in [0, 0.05) is 50.5 Å². The third-order valence-electron chi connectivity index (χ3n) is 10.4. The first-order valence-corrected chi connectivity index (χ1v) is 19.1. The van der Waals surface area contributed by atoms with Crippen LogP contribution in [0.2, 0.25) is 0 Å². The lowest BCUT2D eigenvalue weighted by atomic mass is 9.89. The van der Waals surface area contributed by atoms with Crippen molar-refractivity contribution in [1.29, 1.82) is 0 Å². The summed E-state index contributed by atoms with van der Waals surface area (Å²) in [5, 5.41) is 8.02. The third kappa shape index (κ3) is 7.98. The fraction of sp³-hybridized carbons (Fsp3) is 0.348. The molecule has 5 nitrogen and oxygen atoms in total. The van der Waals surface area contributed by atoms with E-state index in [9.17, 15) is 22.4 Å². The van der Waals surface area contributed by atoms with Crippen LogP contribution in [0.25, 0.3) is 32.6 Å². The van der Waals surface area contributed by atoms with E-state index in [1.807, 2.05) is 75.4 Å². The maximum atomic E-state index is 14.7. The lowest BCUT2D eigenvalue weighted by Gasteiger charge is -2.19. The number of aryl methyl sites for hydroxylation is 3. The minimum atomic E-state index is -4.34. The highest BCUT2D eigenvalue weighted by Crippen LogP contribution is 2.40. The summed E-state index contributed by atoms with van der Waals surface area (Å²) in [4.78, 5) is 20.2. The first kappa shape index (κ1) is 39.5. The number of hydrogen-bond donors (Lipinski definition) is 0. The van der Waals surface area contributed by atoms with Crippen molar-refractivity contribution < 1.29 is 31.9 Å². The predicted octanol–water partition coefficient (Wildman–Crippen LogP) is 12.4. The van der Waals surface area contributed by atoms with E-state index in [1.165, 1.54) is 6.07 Å². The van der Waals surface area contributed by atoms with Crippen molar-refractivity contribution >= 4 is 44.1 Å². The second kappa shape index (κ2) is 16.7. The number of carbonyl (C=O) groups is 1. The van der Waals surface area contributed by atoms with Crippen LogP contribution < -0.4 is 4.74 Å². The molecule has 0 fully saturated rings. The highest BCUT2D eigenvalue weighted by Gasteiger charge is 2.42. The van der Waals surface area contributed by atoms with Crippen molar-refractivity contribution in [3.05, 3.63) is 124 Å². The molecule has 0 N–H and O–H groups in total. The molecule has 1 aromatic heterocycles. The number of hydrogen-bond acceptors (Lipinski definition) is 4. The van der Waals surface area contributed by atoms with Crippen LogP contribution >= 0.6 is 0 Å². The minimum absolute atomic E-state index is 0.0340. The Morgan fingerprint density at radius 1 is 0.818 bits per heavy atom. The van der Waals surface area contributed by atoms with Gasteiger partial charge in [-0.25, -0.2) is 8.78 Å². The van der Waals surface area contributed by atoms with Gasteiger partial charge in [0.05, 0.1) is 5.52 Å². The Labute approximate surface area is 319 Å². The predicted molar refractivity (Wildman–Crippen MR) is 214 cm³/mol. The fourth-order valence-corrected chi connectivity index (χ4v) is 7.75. The molecule has 0 saturated carbocycles. The standard InChI is InChI=1S/C46H48F4N2O3/c1-7-10-15-31(8-2)26-52-39-21-20-32(42(51-55-9-3)35-18-13-14-19-40(35)54-27-46(49,50)45(47)48)24-36(39)37-25-38(33-16-11-12-17-34(33)43(37)52)44(53)41-29(5)22-28(4)23-30(41)6/h11-14,16-25,31,45H,7-10,15,26-27H2,1-6H3/b51-42+. The smallest absolute Gasteiger partial charge is 0.340 e. The van der Waals surface area contributed by atoms with Crippen molar-refractivity contribution in [2.45, 2.75) is 86.1 Å². The number of para-hydroxylation sites is 1. The van der Waals surface area contributed by atoms with Gasteiger partial charge >= 0.3 is 12.3 Å². The first-order valence-electron chi connectivity index (χ1n) is 19.1. The van der Waals surface area contributed by atoms with Crippen LogP contribution in [0.15, 0.2) is 90.1 Å². The molecule has 6 rings (SSSR count). The van der Waals surface area contributed by atoms with Gasteiger partial charge in [0.25, 0.3) is 0 Å². The molecule has 1 atom stereocenters. The lowest BCUT2D eigenvalue weighted by Crippen LogP contribution is -2.34. The molecule has 6 aromatic rings. The molecule has 0 saturated heterocycles. The number of aromatic nitrogens is 1. The molecule has 0 aliphatic carbocycles. The zero-order valence-corrected chi connectivity index (χ0v) is 32.3. The van der Waals surface area contributed by atoms with Crippen LogP contribution in [0.3, 0.4) is 0 Å². The van der Waals surface area contributed by atoms with E-state index in [0.29, 0.717) is 28.2 Å². The summed E-state index contributed by atoms with van der Waals surface area (Å²) in [6.07, 6.45) is 0.436. The molecule has 55 heavy (non-hydrogen) atoms. The van der Waals surface area contributed by atoms with E-state index in [0.717, 1.165) is 81.5 Å². The molecule has 5 aromatic carbocycles. The van der Waals surface area contributed by atoms with Gasteiger partial charge in [0.2, 0.25) is 0 Å². The Morgan fingerprint density at radius 2 is 1.51 bits per heavy atom. The Hall–Kier alpha value is -5.18. The van der Waals surface area contributed by atoms with Crippen molar-refractivity contribution in [3.8, 4) is 5.75 Å². The largest absolute Gasteiger partial charge is 0.486 e. The number of rotatable bonds is 16. The fourth-order valence-electron chi connectivity index (χ4n) is 7.75. The molecule has 288 valence electrons. The molecular weight excluding hydrogens is 705 g/mol. The molecule has 0 radical (unpaired) electrons. The molecule has 0 bridgehead atoms. The molecular formula is C46H48F4N2O3. The first-order chi connectivity index (χ1) is 26.4. The van der Waals surface area contributed by atoms with Gasteiger partial charge in [-0.15, -0.1) is 0 Å². The van der Waals surface area contributed by atoms with E-state index in [2.05, 4.69) is 29.6 Å². The van der Waals surface area contributed by atoms with Crippen LogP contribution in [-0.2, 0) is 11.4 Å². The number of alkyl halides is 4. The van der Waals surface area contributed by atoms with E-state index in [-0.39, 0.29) is 23.9 Å². The lowest BCUT2D eigenvalue weighted by molar-refractivity contribution is -0.148. The molecule has 0 aliphatic heterocycles. The summed E-state index contributed by atoms with van der Waals surface area (Å²) < 4.78 is 61.9. The summed E-state index contributed by atoms with van der Waals surface area (Å²) in [5.41, 5.74) is 7.41. The van der Waals surface area contributed by atoms with Gasteiger partial charge in [-0.05, 0) is 86.9 Å². The minimum Gasteiger partial charge on any atom is -0.486 e. The SMILES string of the molecule is CCCCC(CC)Cn1c2ccc(/C(=N\OCC)c3ccccc3OCC(F)(F)C(F)F)cc2c2cc(C(=O)c3c(C)cc(C)cc3C)c3ccccc3c21. The van der Waals surface area contributed by atoms with Gasteiger partial charge < -0.3 is 14.1 Å². The highest BCUT2D eigenvalue weighted by molar-refractivity contribution is 6.27. The van der Waals surface area contributed by atoms with E-state index in [4.69, 9.17) is 9.57 Å². The Balaban J connectivity index is 1.62. The van der Waals surface area contributed by atoms with Crippen molar-refractivity contribution in [2.24, 2.45) is 11.1 Å². The number of benzene rings is 5. The average molecular weight is 753 g/mol.